The molecule has 0 aliphatic heterocycles. The Hall–Kier alpha value is -1.32. The molecule has 0 saturated carbocycles. The molecule has 0 aliphatic rings. The van der Waals surface area contributed by atoms with Crippen LogP contribution in [-0.2, 0) is 6.42 Å². The molecule has 2 aromatic rings. The van der Waals surface area contributed by atoms with Crippen molar-refractivity contribution in [1.29, 1.82) is 0 Å². The van der Waals surface area contributed by atoms with E-state index in [0.29, 0.717) is 6.04 Å². The largest absolute Gasteiger partial charge is 0.399 e. The molecule has 3 N–H and O–H groups in total. The first-order valence-corrected chi connectivity index (χ1v) is 6.65. The van der Waals surface area contributed by atoms with Crippen LogP contribution >= 0.6 is 11.3 Å². The van der Waals surface area contributed by atoms with Crippen molar-refractivity contribution in [2.45, 2.75) is 19.4 Å². The van der Waals surface area contributed by atoms with Crippen molar-refractivity contribution in [3.05, 3.63) is 51.7 Å². The lowest BCUT2D eigenvalue weighted by Gasteiger charge is -2.17. The molecule has 0 spiro atoms. The van der Waals surface area contributed by atoms with Crippen molar-refractivity contribution in [2.24, 2.45) is 0 Å². The van der Waals surface area contributed by atoms with E-state index in [4.69, 9.17) is 5.73 Å². The molecule has 2 nitrogen and oxygen atoms in total. The molecule has 0 fully saturated rings. The molecule has 0 radical (unpaired) electrons. The Labute approximate surface area is 106 Å². The van der Waals surface area contributed by atoms with Crippen LogP contribution in [0.1, 0.15) is 22.0 Å². The summed E-state index contributed by atoms with van der Waals surface area (Å²) in [6.07, 6.45) is 0.935. The number of aryl methyl sites for hydroxylation is 1. The Morgan fingerprint density at radius 2 is 2.06 bits per heavy atom. The van der Waals surface area contributed by atoms with Gasteiger partial charge in [0.15, 0.2) is 0 Å². The number of nitrogen functional groups attached to an aromatic ring is 1. The van der Waals surface area contributed by atoms with Gasteiger partial charge in [0, 0.05) is 16.6 Å². The van der Waals surface area contributed by atoms with Crippen LogP contribution in [0.5, 0.6) is 0 Å². The predicted octanol–water partition coefficient (Wildman–Crippen LogP) is 3.14. The van der Waals surface area contributed by atoms with E-state index in [0.717, 1.165) is 12.1 Å². The van der Waals surface area contributed by atoms with E-state index in [2.05, 4.69) is 29.8 Å². The van der Waals surface area contributed by atoms with Crippen molar-refractivity contribution < 1.29 is 0 Å². The Morgan fingerprint density at radius 1 is 1.29 bits per heavy atom. The van der Waals surface area contributed by atoms with Gasteiger partial charge in [-0.25, -0.2) is 0 Å². The maximum atomic E-state index is 5.99. The summed E-state index contributed by atoms with van der Waals surface area (Å²) in [5.41, 5.74) is 9.43. The molecule has 0 aliphatic carbocycles. The van der Waals surface area contributed by atoms with E-state index < -0.39 is 0 Å². The number of thiophene rings is 1. The third-order valence-corrected chi connectivity index (χ3v) is 4.18. The minimum atomic E-state index is 0.347. The third kappa shape index (κ3) is 2.68. The zero-order chi connectivity index (χ0) is 12.3. The van der Waals surface area contributed by atoms with Crippen LogP contribution in [0.2, 0.25) is 0 Å². The van der Waals surface area contributed by atoms with E-state index in [9.17, 15) is 0 Å². The maximum absolute atomic E-state index is 5.99. The molecule has 17 heavy (non-hydrogen) atoms. The number of hydrogen-bond acceptors (Lipinski definition) is 3. The second-order valence-electron chi connectivity index (χ2n) is 4.21. The summed E-state index contributed by atoms with van der Waals surface area (Å²) in [7, 11) is 2.00. The number of nitrogens with one attached hydrogen (secondary N) is 1. The summed E-state index contributed by atoms with van der Waals surface area (Å²) >= 11 is 1.80. The molecule has 1 heterocycles. The monoisotopic (exact) mass is 246 g/mol. The maximum Gasteiger partial charge on any atom is 0.0456 e. The topological polar surface area (TPSA) is 38.0 Å². The smallest absolute Gasteiger partial charge is 0.0456 e. The number of likely N-dealkylation sites (N-methyl/N-ethyl adjacent to an activating group) is 1. The molecule has 90 valence electrons. The van der Waals surface area contributed by atoms with Crippen molar-refractivity contribution in [2.75, 3.05) is 12.8 Å². The number of nitrogens with two attached hydrogens (primary N) is 1. The number of para-hydroxylation sites is 1. The molecule has 0 amide bonds. The SMILES string of the molecule is CNC(Cc1ccccc1N)c1sccc1C. The summed E-state index contributed by atoms with van der Waals surface area (Å²) in [5, 5.41) is 5.52. The quantitative estimate of drug-likeness (QED) is 0.813. The predicted molar refractivity (Wildman–Crippen MR) is 75.4 cm³/mol. The first-order valence-electron chi connectivity index (χ1n) is 5.77. The van der Waals surface area contributed by atoms with Gasteiger partial charge >= 0.3 is 0 Å². The summed E-state index contributed by atoms with van der Waals surface area (Å²) in [5.74, 6) is 0. The highest BCUT2D eigenvalue weighted by atomic mass is 32.1. The number of rotatable bonds is 4. The highest BCUT2D eigenvalue weighted by molar-refractivity contribution is 7.10. The van der Waals surface area contributed by atoms with Crippen LogP contribution in [0.3, 0.4) is 0 Å². The average Bonchev–Trinajstić information content (AvgIpc) is 2.75. The van der Waals surface area contributed by atoms with E-state index in [1.54, 1.807) is 11.3 Å². The lowest BCUT2D eigenvalue weighted by atomic mass is 10.0. The molecular weight excluding hydrogens is 228 g/mol. The molecule has 1 atom stereocenters. The van der Waals surface area contributed by atoms with Gasteiger partial charge in [0.2, 0.25) is 0 Å². The molecule has 1 unspecified atom stereocenters. The summed E-state index contributed by atoms with van der Waals surface area (Å²) in [4.78, 5) is 1.40. The van der Waals surface area contributed by atoms with Crippen molar-refractivity contribution in [3.63, 3.8) is 0 Å². The van der Waals surface area contributed by atoms with Gasteiger partial charge in [-0.1, -0.05) is 18.2 Å². The lowest BCUT2D eigenvalue weighted by Crippen LogP contribution is -2.19. The van der Waals surface area contributed by atoms with Gasteiger partial charge < -0.3 is 11.1 Å². The van der Waals surface area contributed by atoms with Crippen LogP contribution < -0.4 is 11.1 Å². The summed E-state index contributed by atoms with van der Waals surface area (Å²) in [6.45, 7) is 2.16. The minimum absolute atomic E-state index is 0.347. The second kappa shape index (κ2) is 5.34. The fourth-order valence-corrected chi connectivity index (χ4v) is 3.05. The fourth-order valence-electron chi connectivity index (χ4n) is 2.01. The van der Waals surface area contributed by atoms with Gasteiger partial charge in [-0.15, -0.1) is 11.3 Å². The van der Waals surface area contributed by atoms with Crippen LogP contribution in [0.15, 0.2) is 35.7 Å². The van der Waals surface area contributed by atoms with E-state index >= 15 is 0 Å². The van der Waals surface area contributed by atoms with Crippen LogP contribution in [0.25, 0.3) is 0 Å². The number of benzene rings is 1. The molecule has 2 rings (SSSR count). The van der Waals surface area contributed by atoms with Gasteiger partial charge in [0.25, 0.3) is 0 Å². The third-order valence-electron chi connectivity index (χ3n) is 3.05. The molecule has 1 aromatic heterocycles. The normalized spacial score (nSPS) is 12.6. The van der Waals surface area contributed by atoms with Crippen LogP contribution in [0, 0.1) is 6.92 Å². The number of hydrogen-bond donors (Lipinski definition) is 2. The van der Waals surface area contributed by atoms with Crippen molar-refractivity contribution in [3.8, 4) is 0 Å². The molecule has 0 bridgehead atoms. The van der Waals surface area contributed by atoms with Gasteiger partial charge in [0.1, 0.15) is 0 Å². The summed E-state index contributed by atoms with van der Waals surface area (Å²) in [6, 6.07) is 10.6. The van der Waals surface area contributed by atoms with Crippen LogP contribution in [-0.4, -0.2) is 7.05 Å². The molecule has 1 aromatic carbocycles. The Morgan fingerprint density at radius 3 is 2.65 bits per heavy atom. The average molecular weight is 246 g/mol. The van der Waals surface area contributed by atoms with Gasteiger partial charge in [-0.3, -0.25) is 0 Å². The molecule has 0 saturated heterocycles. The minimum Gasteiger partial charge on any atom is -0.399 e. The van der Waals surface area contributed by atoms with Crippen LogP contribution in [0.4, 0.5) is 5.69 Å². The zero-order valence-electron chi connectivity index (χ0n) is 10.2. The first-order chi connectivity index (χ1) is 8.22. The second-order valence-corrected chi connectivity index (χ2v) is 5.16. The summed E-state index contributed by atoms with van der Waals surface area (Å²) < 4.78 is 0. The van der Waals surface area contributed by atoms with E-state index in [1.165, 1.54) is 16.0 Å². The van der Waals surface area contributed by atoms with Gasteiger partial charge in [-0.05, 0) is 49.0 Å². The lowest BCUT2D eigenvalue weighted by molar-refractivity contribution is 0.600. The Bertz CT molecular complexity index is 490. The first kappa shape index (κ1) is 12.1. The molecule has 3 heteroatoms. The highest BCUT2D eigenvalue weighted by Gasteiger charge is 2.14. The Balaban J connectivity index is 2.22. The van der Waals surface area contributed by atoms with Crippen molar-refractivity contribution in [1.82, 2.24) is 5.32 Å². The van der Waals surface area contributed by atoms with Crippen molar-refractivity contribution >= 4 is 17.0 Å². The number of anilines is 1. The standard InChI is InChI=1S/C14H18N2S/c1-10-7-8-17-14(10)13(16-2)9-11-5-3-4-6-12(11)15/h3-8,13,16H,9,15H2,1-2H3. The van der Waals surface area contributed by atoms with E-state index in [1.807, 2.05) is 25.2 Å². The van der Waals surface area contributed by atoms with E-state index in [-0.39, 0.29) is 0 Å². The molecular formula is C14H18N2S. The highest BCUT2D eigenvalue weighted by Crippen LogP contribution is 2.27. The Kier molecular flexibility index (Phi) is 3.82. The van der Waals surface area contributed by atoms with Gasteiger partial charge in [-0.2, -0.15) is 0 Å². The van der Waals surface area contributed by atoms with Gasteiger partial charge in [0.05, 0.1) is 0 Å². The fraction of sp³-hybridized carbons (Fsp3) is 0.286. The zero-order valence-corrected chi connectivity index (χ0v) is 11.1.